The predicted molar refractivity (Wildman–Crippen MR) is 82.3 cm³/mol. The number of hydrogen-bond donors (Lipinski definition) is 2. The summed E-state index contributed by atoms with van der Waals surface area (Å²) >= 11 is 1.91. The second kappa shape index (κ2) is 6.85. The van der Waals surface area contributed by atoms with E-state index in [1.807, 2.05) is 36.0 Å². The summed E-state index contributed by atoms with van der Waals surface area (Å²) in [6, 6.07) is 7.90. The number of carbonyl (C=O) groups is 1. The van der Waals surface area contributed by atoms with E-state index in [4.69, 9.17) is 5.73 Å². The van der Waals surface area contributed by atoms with Gasteiger partial charge in [-0.1, -0.05) is 24.6 Å². The summed E-state index contributed by atoms with van der Waals surface area (Å²) in [5.74, 6) is 0.0876. The topological polar surface area (TPSA) is 55.1 Å². The third-order valence-electron chi connectivity index (χ3n) is 3.73. The molecule has 1 saturated carbocycles. The number of amides is 1. The Bertz CT molecular complexity index is 436. The Balaban J connectivity index is 1.86. The van der Waals surface area contributed by atoms with Crippen LogP contribution in [0.3, 0.4) is 0 Å². The van der Waals surface area contributed by atoms with Gasteiger partial charge in [-0.3, -0.25) is 4.79 Å². The van der Waals surface area contributed by atoms with E-state index in [1.165, 1.54) is 12.8 Å². The van der Waals surface area contributed by atoms with Gasteiger partial charge in [-0.15, -0.1) is 0 Å². The van der Waals surface area contributed by atoms with Crippen molar-refractivity contribution in [3.8, 4) is 0 Å². The van der Waals surface area contributed by atoms with E-state index in [1.54, 1.807) is 0 Å². The molecule has 1 aliphatic carbocycles. The molecule has 0 aliphatic heterocycles. The molecule has 0 heterocycles. The van der Waals surface area contributed by atoms with E-state index in [0.29, 0.717) is 23.4 Å². The average Bonchev–Trinajstić information content (AvgIpc) is 2.41. The van der Waals surface area contributed by atoms with Crippen LogP contribution in [0.1, 0.15) is 31.2 Å². The number of hydrogen-bond acceptors (Lipinski definition) is 3. The Morgan fingerprint density at radius 1 is 1.42 bits per heavy atom. The molecular formula is C15H22N2OS. The molecule has 3 N–H and O–H groups in total. The van der Waals surface area contributed by atoms with Gasteiger partial charge in [0, 0.05) is 17.0 Å². The van der Waals surface area contributed by atoms with Crippen LogP contribution >= 0.6 is 11.8 Å². The third-order valence-corrected chi connectivity index (χ3v) is 4.83. The van der Waals surface area contributed by atoms with Crippen LogP contribution in [0.25, 0.3) is 0 Å². The van der Waals surface area contributed by atoms with Crippen molar-refractivity contribution >= 4 is 23.4 Å². The Kier molecular flexibility index (Phi) is 5.14. The van der Waals surface area contributed by atoms with Gasteiger partial charge in [0.05, 0.1) is 6.42 Å². The highest BCUT2D eigenvalue weighted by molar-refractivity contribution is 7.99. The molecule has 0 radical (unpaired) electrons. The van der Waals surface area contributed by atoms with Crippen molar-refractivity contribution < 1.29 is 4.79 Å². The van der Waals surface area contributed by atoms with Crippen LogP contribution in [-0.4, -0.2) is 23.5 Å². The minimum absolute atomic E-state index is 0.0876. The van der Waals surface area contributed by atoms with Crippen molar-refractivity contribution in [2.75, 3.05) is 12.0 Å². The molecule has 2 rings (SSSR count). The minimum atomic E-state index is 0.0876. The normalized spacial score (nSPS) is 23.0. The molecule has 0 saturated heterocycles. The second-order valence-electron chi connectivity index (χ2n) is 5.16. The molecule has 1 aromatic carbocycles. The van der Waals surface area contributed by atoms with Crippen LogP contribution in [-0.2, 0) is 11.2 Å². The fourth-order valence-electron chi connectivity index (χ4n) is 2.64. The smallest absolute Gasteiger partial charge is 0.224 e. The quantitative estimate of drug-likeness (QED) is 0.832. The van der Waals surface area contributed by atoms with Crippen molar-refractivity contribution in [3.05, 3.63) is 29.8 Å². The van der Waals surface area contributed by atoms with Crippen LogP contribution in [0, 0.1) is 0 Å². The number of carbonyl (C=O) groups excluding carboxylic acids is 1. The number of rotatable bonds is 4. The van der Waals surface area contributed by atoms with Gasteiger partial charge in [0.15, 0.2) is 0 Å². The molecule has 0 aromatic heterocycles. The predicted octanol–water partition coefficient (Wildman–Crippen LogP) is 2.60. The standard InChI is InChI=1S/C15H22N2OS/c1-19-13-7-4-6-12(10-13)17-15(18)9-11-5-2-3-8-14(11)16/h2-3,5,8,12-13H,4,6-7,9-10,16H2,1H3,(H,17,18). The summed E-state index contributed by atoms with van der Waals surface area (Å²) in [4.78, 5) is 12.1. The average molecular weight is 278 g/mol. The molecule has 1 aromatic rings. The van der Waals surface area contributed by atoms with E-state index < -0.39 is 0 Å². The molecule has 3 nitrogen and oxygen atoms in total. The first-order chi connectivity index (χ1) is 9.19. The number of benzene rings is 1. The van der Waals surface area contributed by atoms with E-state index in [-0.39, 0.29) is 5.91 Å². The Morgan fingerprint density at radius 3 is 2.95 bits per heavy atom. The van der Waals surface area contributed by atoms with Crippen LogP contribution in [0.2, 0.25) is 0 Å². The molecule has 0 spiro atoms. The number of anilines is 1. The maximum absolute atomic E-state index is 12.1. The molecule has 104 valence electrons. The molecule has 1 amide bonds. The van der Waals surface area contributed by atoms with Crippen LogP contribution in [0.4, 0.5) is 5.69 Å². The van der Waals surface area contributed by atoms with Crippen molar-refractivity contribution in [1.82, 2.24) is 5.32 Å². The lowest BCUT2D eigenvalue weighted by Crippen LogP contribution is -2.39. The Labute approximate surface area is 119 Å². The second-order valence-corrected chi connectivity index (χ2v) is 6.30. The van der Waals surface area contributed by atoms with Gasteiger partial charge in [0.2, 0.25) is 5.91 Å². The molecule has 2 atom stereocenters. The fraction of sp³-hybridized carbons (Fsp3) is 0.533. The van der Waals surface area contributed by atoms with Gasteiger partial charge in [-0.25, -0.2) is 0 Å². The van der Waals surface area contributed by atoms with Crippen LogP contribution in [0.5, 0.6) is 0 Å². The van der Waals surface area contributed by atoms with Crippen molar-refractivity contribution in [3.63, 3.8) is 0 Å². The minimum Gasteiger partial charge on any atom is -0.398 e. The third kappa shape index (κ3) is 4.16. The van der Waals surface area contributed by atoms with E-state index >= 15 is 0 Å². The summed E-state index contributed by atoms with van der Waals surface area (Å²) in [5, 5.41) is 3.85. The van der Waals surface area contributed by atoms with Gasteiger partial charge >= 0.3 is 0 Å². The SMILES string of the molecule is CSC1CCCC(NC(=O)Cc2ccccc2N)C1. The summed E-state index contributed by atoms with van der Waals surface area (Å²) in [6.07, 6.45) is 7.22. The highest BCUT2D eigenvalue weighted by Gasteiger charge is 2.22. The maximum atomic E-state index is 12.1. The fourth-order valence-corrected chi connectivity index (χ4v) is 3.46. The lowest BCUT2D eigenvalue weighted by molar-refractivity contribution is -0.121. The first-order valence-corrected chi connectivity index (χ1v) is 8.13. The van der Waals surface area contributed by atoms with Gasteiger partial charge in [-0.05, 0) is 37.1 Å². The number of thioether (sulfide) groups is 1. The summed E-state index contributed by atoms with van der Waals surface area (Å²) in [5.41, 5.74) is 7.47. The lowest BCUT2D eigenvalue weighted by atomic mass is 9.94. The van der Waals surface area contributed by atoms with Crippen molar-refractivity contribution in [1.29, 1.82) is 0 Å². The van der Waals surface area contributed by atoms with E-state index in [2.05, 4.69) is 11.6 Å². The monoisotopic (exact) mass is 278 g/mol. The summed E-state index contributed by atoms with van der Waals surface area (Å²) < 4.78 is 0. The summed E-state index contributed by atoms with van der Waals surface area (Å²) in [6.45, 7) is 0. The van der Waals surface area contributed by atoms with Gasteiger partial charge in [0.25, 0.3) is 0 Å². The zero-order valence-electron chi connectivity index (χ0n) is 11.4. The zero-order valence-corrected chi connectivity index (χ0v) is 12.2. The maximum Gasteiger partial charge on any atom is 0.224 e. The first kappa shape index (κ1) is 14.3. The van der Waals surface area contributed by atoms with Gasteiger partial charge in [-0.2, -0.15) is 11.8 Å². The highest BCUT2D eigenvalue weighted by atomic mass is 32.2. The molecule has 0 bridgehead atoms. The largest absolute Gasteiger partial charge is 0.398 e. The van der Waals surface area contributed by atoms with Crippen LogP contribution < -0.4 is 11.1 Å². The van der Waals surface area contributed by atoms with E-state index in [0.717, 1.165) is 18.4 Å². The van der Waals surface area contributed by atoms with Gasteiger partial charge in [0.1, 0.15) is 0 Å². The molecule has 1 fully saturated rings. The van der Waals surface area contributed by atoms with Crippen molar-refractivity contribution in [2.45, 2.75) is 43.4 Å². The summed E-state index contributed by atoms with van der Waals surface area (Å²) in [7, 11) is 0. The number of para-hydroxylation sites is 1. The number of nitrogens with one attached hydrogen (secondary N) is 1. The molecule has 4 heteroatoms. The molecule has 1 aliphatic rings. The molecule has 2 unspecified atom stereocenters. The Hall–Kier alpha value is -1.16. The van der Waals surface area contributed by atoms with Gasteiger partial charge < -0.3 is 11.1 Å². The first-order valence-electron chi connectivity index (χ1n) is 6.84. The van der Waals surface area contributed by atoms with Crippen molar-refractivity contribution in [2.24, 2.45) is 0 Å². The molecule has 19 heavy (non-hydrogen) atoms. The van der Waals surface area contributed by atoms with Crippen LogP contribution in [0.15, 0.2) is 24.3 Å². The zero-order chi connectivity index (χ0) is 13.7. The molecular weight excluding hydrogens is 256 g/mol. The number of nitrogens with two attached hydrogens (primary N) is 1. The van der Waals surface area contributed by atoms with E-state index in [9.17, 15) is 4.79 Å². The number of nitrogen functional groups attached to an aromatic ring is 1. The lowest BCUT2D eigenvalue weighted by Gasteiger charge is -2.28. The Morgan fingerprint density at radius 2 is 2.21 bits per heavy atom. The highest BCUT2D eigenvalue weighted by Crippen LogP contribution is 2.27.